The van der Waals surface area contributed by atoms with E-state index in [0.717, 1.165) is 36.9 Å². The van der Waals surface area contributed by atoms with Crippen molar-refractivity contribution in [2.45, 2.75) is 51.0 Å². The summed E-state index contributed by atoms with van der Waals surface area (Å²) in [6, 6.07) is 7.84. The van der Waals surface area contributed by atoms with Gasteiger partial charge in [0.25, 0.3) is 0 Å². The van der Waals surface area contributed by atoms with Crippen LogP contribution in [0.25, 0.3) is 0 Å². The third kappa shape index (κ3) is 3.90. The van der Waals surface area contributed by atoms with Crippen LogP contribution in [0.4, 0.5) is 5.69 Å². The summed E-state index contributed by atoms with van der Waals surface area (Å²) in [4.78, 5) is 35.7. The molecule has 3 unspecified atom stereocenters. The van der Waals surface area contributed by atoms with Crippen LogP contribution in [0.5, 0.6) is 0 Å². The predicted octanol–water partition coefficient (Wildman–Crippen LogP) is 1.98. The molecule has 2 aliphatic carbocycles. The summed E-state index contributed by atoms with van der Waals surface area (Å²) in [5.74, 6) is 0.417. The van der Waals surface area contributed by atoms with Crippen LogP contribution >= 0.6 is 0 Å². The first kappa shape index (κ1) is 18.2. The maximum Gasteiger partial charge on any atom is 0.230 e. The van der Waals surface area contributed by atoms with Crippen molar-refractivity contribution in [3.05, 3.63) is 29.8 Å². The number of nitrogens with two attached hydrogens (primary N) is 1. The first-order valence-corrected chi connectivity index (χ1v) is 9.98. The minimum atomic E-state index is -0.288. The van der Waals surface area contributed by atoms with Crippen LogP contribution < -0.4 is 16.4 Å². The Morgan fingerprint density at radius 1 is 1.11 bits per heavy atom. The quantitative estimate of drug-likeness (QED) is 0.706. The molecule has 1 heterocycles. The van der Waals surface area contributed by atoms with Gasteiger partial charge in [-0.3, -0.25) is 19.7 Å². The number of hydrogen-bond donors (Lipinski definition) is 3. The van der Waals surface area contributed by atoms with Crippen molar-refractivity contribution in [2.24, 2.45) is 29.4 Å². The fraction of sp³-hybridized carbons (Fsp3) is 0.571. The smallest absolute Gasteiger partial charge is 0.230 e. The van der Waals surface area contributed by atoms with Crippen molar-refractivity contribution in [1.29, 1.82) is 0 Å². The summed E-state index contributed by atoms with van der Waals surface area (Å²) >= 11 is 0. The van der Waals surface area contributed by atoms with E-state index in [0.29, 0.717) is 18.3 Å². The van der Waals surface area contributed by atoms with Crippen molar-refractivity contribution in [3.8, 4) is 0 Å². The molecule has 3 atom stereocenters. The standard InChI is InChI=1S/C21H27N3O3/c22-19-13-2-1-3-14(19)10-16(9-13)20(26)23-17-6-4-12(5-7-17)8-15-11-18(25)24-21(15)27/h4-7,13-16,19H,1-3,8-11,22H2,(H,23,26)(H,24,25,27). The Bertz CT molecular complexity index is 732. The first-order valence-electron chi connectivity index (χ1n) is 9.98. The molecule has 144 valence electrons. The summed E-state index contributed by atoms with van der Waals surface area (Å²) < 4.78 is 0. The van der Waals surface area contributed by atoms with Gasteiger partial charge in [-0.1, -0.05) is 18.6 Å². The topological polar surface area (TPSA) is 101 Å². The maximum absolute atomic E-state index is 12.7. The lowest BCUT2D eigenvalue weighted by Gasteiger charge is -2.43. The number of rotatable bonds is 4. The second-order valence-corrected chi connectivity index (χ2v) is 8.40. The van der Waals surface area contributed by atoms with E-state index in [9.17, 15) is 14.4 Å². The molecule has 1 aromatic rings. The van der Waals surface area contributed by atoms with Crippen LogP contribution in [-0.4, -0.2) is 23.8 Å². The van der Waals surface area contributed by atoms with E-state index >= 15 is 0 Å². The molecule has 0 spiro atoms. The number of imide groups is 1. The molecule has 6 nitrogen and oxygen atoms in total. The lowest BCUT2D eigenvalue weighted by molar-refractivity contribution is -0.126. The van der Waals surface area contributed by atoms with Gasteiger partial charge in [0, 0.05) is 24.1 Å². The fourth-order valence-corrected chi connectivity index (χ4v) is 5.03. The Kier molecular flexibility index (Phi) is 5.00. The summed E-state index contributed by atoms with van der Waals surface area (Å²) in [5.41, 5.74) is 8.08. The van der Waals surface area contributed by atoms with Crippen LogP contribution in [0.3, 0.4) is 0 Å². The zero-order valence-corrected chi connectivity index (χ0v) is 15.4. The largest absolute Gasteiger partial charge is 0.327 e. The van der Waals surface area contributed by atoms with E-state index in [1.165, 1.54) is 6.42 Å². The maximum atomic E-state index is 12.7. The molecule has 3 fully saturated rings. The minimum Gasteiger partial charge on any atom is -0.327 e. The van der Waals surface area contributed by atoms with Crippen LogP contribution in [-0.2, 0) is 20.8 Å². The molecule has 4 N–H and O–H groups in total. The molecule has 1 saturated heterocycles. The zero-order valence-electron chi connectivity index (χ0n) is 15.4. The Labute approximate surface area is 159 Å². The summed E-state index contributed by atoms with van der Waals surface area (Å²) in [5, 5.41) is 5.38. The third-order valence-corrected chi connectivity index (χ3v) is 6.55. The summed E-state index contributed by atoms with van der Waals surface area (Å²) in [7, 11) is 0. The molecule has 27 heavy (non-hydrogen) atoms. The lowest BCUT2D eigenvalue weighted by Crippen LogP contribution is -2.48. The van der Waals surface area contributed by atoms with Gasteiger partial charge in [0.05, 0.1) is 5.92 Å². The minimum absolute atomic E-state index is 0.0490. The van der Waals surface area contributed by atoms with Gasteiger partial charge in [-0.25, -0.2) is 0 Å². The highest BCUT2D eigenvalue weighted by Crippen LogP contribution is 2.42. The number of amides is 3. The second-order valence-electron chi connectivity index (χ2n) is 8.40. The molecule has 2 bridgehead atoms. The molecular formula is C21H27N3O3. The van der Waals surface area contributed by atoms with Crippen molar-refractivity contribution < 1.29 is 14.4 Å². The zero-order chi connectivity index (χ0) is 19.0. The van der Waals surface area contributed by atoms with E-state index in [-0.39, 0.29) is 42.0 Å². The van der Waals surface area contributed by atoms with Gasteiger partial charge in [-0.15, -0.1) is 0 Å². The fourth-order valence-electron chi connectivity index (χ4n) is 5.03. The highest BCUT2D eigenvalue weighted by atomic mass is 16.2. The average molecular weight is 369 g/mol. The van der Waals surface area contributed by atoms with E-state index in [1.54, 1.807) is 0 Å². The molecule has 3 aliphatic rings. The number of nitrogens with one attached hydrogen (secondary N) is 2. The molecule has 1 aromatic carbocycles. The van der Waals surface area contributed by atoms with Gasteiger partial charge >= 0.3 is 0 Å². The Hall–Kier alpha value is -2.21. The van der Waals surface area contributed by atoms with Gasteiger partial charge in [0.15, 0.2) is 0 Å². The lowest BCUT2D eigenvalue weighted by atomic mass is 9.65. The molecule has 2 saturated carbocycles. The molecule has 0 aromatic heterocycles. The molecule has 3 amide bonds. The highest BCUT2D eigenvalue weighted by Gasteiger charge is 2.40. The van der Waals surface area contributed by atoms with E-state index in [4.69, 9.17) is 5.73 Å². The van der Waals surface area contributed by atoms with E-state index in [1.807, 2.05) is 24.3 Å². The Morgan fingerprint density at radius 2 is 1.78 bits per heavy atom. The van der Waals surface area contributed by atoms with Crippen LogP contribution in [0, 0.1) is 23.7 Å². The Morgan fingerprint density at radius 3 is 2.37 bits per heavy atom. The number of anilines is 1. The molecule has 0 radical (unpaired) electrons. The highest BCUT2D eigenvalue weighted by molar-refractivity contribution is 6.03. The second kappa shape index (κ2) is 7.43. The monoisotopic (exact) mass is 369 g/mol. The van der Waals surface area contributed by atoms with Gasteiger partial charge in [-0.2, -0.15) is 0 Å². The first-order chi connectivity index (χ1) is 13.0. The van der Waals surface area contributed by atoms with Crippen molar-refractivity contribution in [2.75, 3.05) is 5.32 Å². The predicted molar refractivity (Wildman–Crippen MR) is 102 cm³/mol. The molecular weight excluding hydrogens is 342 g/mol. The molecule has 4 rings (SSSR count). The van der Waals surface area contributed by atoms with Gasteiger partial charge in [-0.05, 0) is 61.6 Å². The average Bonchev–Trinajstić information content (AvgIpc) is 2.93. The summed E-state index contributed by atoms with van der Waals surface area (Å²) in [6.45, 7) is 0. The van der Waals surface area contributed by atoms with E-state index < -0.39 is 0 Å². The number of fused-ring (bicyclic) bond motifs is 2. The summed E-state index contributed by atoms with van der Waals surface area (Å²) in [6.07, 6.45) is 6.11. The van der Waals surface area contributed by atoms with Crippen molar-refractivity contribution in [1.82, 2.24) is 5.32 Å². The van der Waals surface area contributed by atoms with Gasteiger partial charge < -0.3 is 11.1 Å². The van der Waals surface area contributed by atoms with Crippen LogP contribution in [0.15, 0.2) is 24.3 Å². The number of carbonyl (C=O) groups excluding carboxylic acids is 3. The number of hydrogen-bond acceptors (Lipinski definition) is 4. The molecule has 1 aliphatic heterocycles. The molecule has 6 heteroatoms. The van der Waals surface area contributed by atoms with Crippen LogP contribution in [0.1, 0.15) is 44.1 Å². The third-order valence-electron chi connectivity index (χ3n) is 6.55. The van der Waals surface area contributed by atoms with E-state index in [2.05, 4.69) is 10.6 Å². The van der Waals surface area contributed by atoms with Crippen molar-refractivity contribution >= 4 is 23.4 Å². The normalized spacial score (nSPS) is 32.9. The SMILES string of the molecule is NC1C2CCCC1CC(C(=O)Nc1ccc(CC3CC(=O)NC3=O)cc1)C2. The van der Waals surface area contributed by atoms with Gasteiger partial charge in [0.2, 0.25) is 17.7 Å². The number of benzene rings is 1. The Balaban J connectivity index is 1.34. The van der Waals surface area contributed by atoms with Gasteiger partial charge in [0.1, 0.15) is 0 Å². The number of carbonyl (C=O) groups is 3. The van der Waals surface area contributed by atoms with Crippen molar-refractivity contribution in [3.63, 3.8) is 0 Å². The van der Waals surface area contributed by atoms with Crippen LogP contribution in [0.2, 0.25) is 0 Å².